The van der Waals surface area contributed by atoms with Crippen LogP contribution in [0.2, 0.25) is 0 Å². The molecule has 0 aromatic heterocycles. The molecule has 3 aromatic carbocycles. The van der Waals surface area contributed by atoms with Crippen LogP contribution in [0, 0.1) is 13.8 Å². The van der Waals surface area contributed by atoms with Gasteiger partial charge in [0.2, 0.25) is 5.91 Å². The van der Waals surface area contributed by atoms with Crippen LogP contribution in [0.3, 0.4) is 0 Å². The first-order valence-electron chi connectivity index (χ1n) is 10.9. The van der Waals surface area contributed by atoms with E-state index in [1.165, 1.54) is 19.2 Å². The Morgan fingerprint density at radius 1 is 1.00 bits per heavy atom. The third kappa shape index (κ3) is 5.96. The van der Waals surface area contributed by atoms with E-state index in [1.807, 2.05) is 13.0 Å². The monoisotopic (exact) mass is 492 g/mol. The molecule has 8 heteroatoms. The lowest BCUT2D eigenvalue weighted by molar-refractivity contribution is -0.119. The average molecular weight is 493 g/mol. The molecule has 7 nitrogen and oxygen atoms in total. The summed E-state index contributed by atoms with van der Waals surface area (Å²) >= 11 is 0. The minimum Gasteiger partial charge on any atom is -0.465 e. The summed E-state index contributed by atoms with van der Waals surface area (Å²) < 4.78 is 33.0. The van der Waals surface area contributed by atoms with E-state index < -0.39 is 28.4 Å². The molecule has 0 radical (unpaired) electrons. The van der Waals surface area contributed by atoms with Gasteiger partial charge in [0.1, 0.15) is 6.54 Å². The van der Waals surface area contributed by atoms with Gasteiger partial charge in [0.05, 0.1) is 23.3 Å². The van der Waals surface area contributed by atoms with Gasteiger partial charge in [0.15, 0.2) is 0 Å². The summed E-state index contributed by atoms with van der Waals surface area (Å²) in [6, 6.07) is 18.3. The minimum atomic E-state index is -4.03. The minimum absolute atomic E-state index is 0.0951. The van der Waals surface area contributed by atoms with Gasteiger partial charge in [-0.1, -0.05) is 54.6 Å². The zero-order valence-electron chi connectivity index (χ0n) is 19.9. The second-order valence-corrected chi connectivity index (χ2v) is 9.85. The van der Waals surface area contributed by atoms with Crippen molar-refractivity contribution in [3.05, 3.63) is 101 Å². The number of carbonyl (C=O) groups is 2. The third-order valence-electron chi connectivity index (χ3n) is 5.60. The van der Waals surface area contributed by atoms with Crippen molar-refractivity contribution >= 4 is 33.7 Å². The van der Waals surface area contributed by atoms with Crippen molar-refractivity contribution in [3.63, 3.8) is 0 Å². The Bertz CT molecular complexity index is 1330. The lowest BCUT2D eigenvalue weighted by atomic mass is 10.1. The fourth-order valence-corrected chi connectivity index (χ4v) is 5.01. The number of anilines is 1. The van der Waals surface area contributed by atoms with E-state index in [0.717, 1.165) is 21.0 Å². The van der Waals surface area contributed by atoms with E-state index in [2.05, 4.69) is 16.6 Å². The van der Waals surface area contributed by atoms with E-state index in [4.69, 9.17) is 0 Å². The fourth-order valence-electron chi connectivity index (χ4n) is 3.53. The number of esters is 1. The Labute approximate surface area is 206 Å². The molecule has 0 atom stereocenters. The van der Waals surface area contributed by atoms with Crippen LogP contribution in [-0.2, 0) is 26.1 Å². The van der Waals surface area contributed by atoms with Crippen molar-refractivity contribution in [2.75, 3.05) is 18.0 Å². The number of sulfonamides is 1. The maximum absolute atomic E-state index is 13.6. The van der Waals surface area contributed by atoms with Crippen molar-refractivity contribution in [2.24, 2.45) is 0 Å². The van der Waals surface area contributed by atoms with Gasteiger partial charge in [0, 0.05) is 6.54 Å². The Morgan fingerprint density at radius 3 is 2.26 bits per heavy atom. The predicted octanol–water partition coefficient (Wildman–Crippen LogP) is 4.24. The van der Waals surface area contributed by atoms with E-state index in [0.29, 0.717) is 16.8 Å². The zero-order chi connectivity index (χ0) is 25.6. The molecule has 1 N–H and O–H groups in total. The van der Waals surface area contributed by atoms with Gasteiger partial charge in [0.25, 0.3) is 10.0 Å². The van der Waals surface area contributed by atoms with Crippen LogP contribution in [0.25, 0.3) is 6.08 Å². The van der Waals surface area contributed by atoms with Gasteiger partial charge in [-0.3, -0.25) is 9.10 Å². The number of benzene rings is 3. The zero-order valence-corrected chi connectivity index (χ0v) is 20.8. The summed E-state index contributed by atoms with van der Waals surface area (Å²) in [4.78, 5) is 24.6. The van der Waals surface area contributed by atoms with Crippen LogP contribution >= 0.6 is 0 Å². The van der Waals surface area contributed by atoms with Crippen LogP contribution in [-0.4, -0.2) is 33.9 Å². The van der Waals surface area contributed by atoms with Crippen LogP contribution in [0.5, 0.6) is 0 Å². The average Bonchev–Trinajstić information content (AvgIpc) is 2.86. The van der Waals surface area contributed by atoms with E-state index >= 15 is 0 Å². The first-order valence-corrected chi connectivity index (χ1v) is 12.4. The van der Waals surface area contributed by atoms with Gasteiger partial charge >= 0.3 is 5.97 Å². The number of ether oxygens (including phenoxy) is 1. The van der Waals surface area contributed by atoms with Crippen molar-refractivity contribution in [2.45, 2.75) is 25.3 Å². The van der Waals surface area contributed by atoms with Crippen LogP contribution < -0.4 is 9.62 Å². The number of nitrogens with zero attached hydrogens (tertiary/aromatic N) is 1. The highest BCUT2D eigenvalue weighted by Gasteiger charge is 2.28. The molecule has 182 valence electrons. The number of hydrogen-bond donors (Lipinski definition) is 1. The molecule has 0 unspecified atom stereocenters. The first-order chi connectivity index (χ1) is 16.7. The largest absolute Gasteiger partial charge is 0.465 e. The maximum atomic E-state index is 13.6. The topological polar surface area (TPSA) is 92.8 Å². The number of rotatable bonds is 9. The molecule has 35 heavy (non-hydrogen) atoms. The molecule has 0 saturated heterocycles. The van der Waals surface area contributed by atoms with Gasteiger partial charge < -0.3 is 10.1 Å². The molecule has 0 fully saturated rings. The Morgan fingerprint density at radius 2 is 1.66 bits per heavy atom. The van der Waals surface area contributed by atoms with Crippen LogP contribution in [0.15, 0.2) is 78.2 Å². The highest BCUT2D eigenvalue weighted by molar-refractivity contribution is 7.92. The lowest BCUT2D eigenvalue weighted by Gasteiger charge is -2.26. The Hall–Kier alpha value is -3.91. The number of amides is 1. The van der Waals surface area contributed by atoms with Crippen molar-refractivity contribution in [1.82, 2.24) is 5.32 Å². The SMILES string of the molecule is C=Cc1cccc(N(CC(=O)NCc2ccc(C(=O)OC)cc2)S(=O)(=O)c2ccc(C)cc2)c1C. The molecule has 0 heterocycles. The molecule has 0 bridgehead atoms. The molecule has 3 aromatic rings. The fraction of sp³-hybridized carbons (Fsp3) is 0.185. The molecule has 0 spiro atoms. The number of aryl methyl sites for hydroxylation is 1. The van der Waals surface area contributed by atoms with Gasteiger partial charge in [-0.25, -0.2) is 13.2 Å². The summed E-state index contributed by atoms with van der Waals surface area (Å²) in [6.45, 7) is 7.23. The van der Waals surface area contributed by atoms with Crippen molar-refractivity contribution in [1.29, 1.82) is 0 Å². The lowest BCUT2D eigenvalue weighted by Crippen LogP contribution is -2.41. The Kier molecular flexibility index (Phi) is 8.09. The summed E-state index contributed by atoms with van der Waals surface area (Å²) in [5.74, 6) is -0.921. The molecule has 0 saturated carbocycles. The predicted molar refractivity (Wildman–Crippen MR) is 137 cm³/mol. The smallest absolute Gasteiger partial charge is 0.337 e. The van der Waals surface area contributed by atoms with Crippen LogP contribution in [0.1, 0.15) is 32.6 Å². The summed E-state index contributed by atoms with van der Waals surface area (Å²) in [5.41, 5.74) is 3.96. The molecule has 0 aliphatic rings. The normalized spacial score (nSPS) is 10.9. The van der Waals surface area contributed by atoms with Gasteiger partial charge in [-0.15, -0.1) is 0 Å². The van der Waals surface area contributed by atoms with E-state index in [-0.39, 0.29) is 11.4 Å². The maximum Gasteiger partial charge on any atom is 0.337 e. The molecular weight excluding hydrogens is 464 g/mol. The van der Waals surface area contributed by atoms with Gasteiger partial charge in [-0.05, 0) is 60.9 Å². The van der Waals surface area contributed by atoms with Crippen molar-refractivity contribution < 1.29 is 22.7 Å². The molecule has 3 rings (SSSR count). The summed E-state index contributed by atoms with van der Waals surface area (Å²) in [5, 5.41) is 2.76. The third-order valence-corrected chi connectivity index (χ3v) is 7.37. The number of hydrogen-bond acceptors (Lipinski definition) is 5. The molecule has 0 aliphatic carbocycles. The number of carbonyl (C=O) groups excluding carboxylic acids is 2. The highest BCUT2D eigenvalue weighted by atomic mass is 32.2. The summed E-state index contributed by atoms with van der Waals surface area (Å²) in [6.07, 6.45) is 1.65. The van der Waals surface area contributed by atoms with E-state index in [9.17, 15) is 18.0 Å². The molecule has 1 amide bonds. The molecular formula is C27H28N2O5S. The first kappa shape index (κ1) is 25.7. The second kappa shape index (κ2) is 11.0. The quantitative estimate of drug-likeness (QED) is 0.451. The van der Waals surface area contributed by atoms with Crippen LogP contribution in [0.4, 0.5) is 5.69 Å². The van der Waals surface area contributed by atoms with Crippen molar-refractivity contribution in [3.8, 4) is 0 Å². The number of methoxy groups -OCH3 is 1. The molecule has 0 aliphatic heterocycles. The van der Waals surface area contributed by atoms with E-state index in [1.54, 1.807) is 61.5 Å². The second-order valence-electron chi connectivity index (χ2n) is 7.99. The highest BCUT2D eigenvalue weighted by Crippen LogP contribution is 2.29. The standard InChI is InChI=1S/C27H28N2O5S/c1-5-22-7-6-8-25(20(22)3)29(35(32,33)24-15-9-19(2)10-16-24)18-26(30)28-17-21-11-13-23(14-12-21)27(31)34-4/h5-16H,1,17-18H2,2-4H3,(H,28,30). The number of nitrogens with one attached hydrogen (secondary N) is 1. The Balaban J connectivity index is 1.87. The van der Waals surface area contributed by atoms with Gasteiger partial charge in [-0.2, -0.15) is 0 Å². The summed E-state index contributed by atoms with van der Waals surface area (Å²) in [7, 11) is -2.72.